The number of alkyl halides is 1. The molecule has 4 aliphatic rings. The predicted octanol–water partition coefficient (Wildman–Crippen LogP) is 3.35. The smallest absolute Gasteiger partial charge is 0.223 e. The van der Waals surface area contributed by atoms with Crippen LogP contribution in [0.5, 0.6) is 0 Å². The van der Waals surface area contributed by atoms with Crippen LogP contribution in [0.1, 0.15) is 45.4 Å². The number of nitrogens with one attached hydrogen (secondary N) is 1. The number of hydrogen-bond donors (Lipinski definition) is 1. The molecule has 0 aromatic rings. The van der Waals surface area contributed by atoms with Gasteiger partial charge in [-0.2, -0.15) is 0 Å². The van der Waals surface area contributed by atoms with Gasteiger partial charge in [0.15, 0.2) is 0 Å². The van der Waals surface area contributed by atoms with Crippen LogP contribution >= 0.6 is 15.9 Å². The van der Waals surface area contributed by atoms with Crippen LogP contribution in [-0.4, -0.2) is 17.3 Å². The summed E-state index contributed by atoms with van der Waals surface area (Å²) in [6.45, 7) is 2.14. The zero-order chi connectivity index (χ0) is 12.7. The summed E-state index contributed by atoms with van der Waals surface area (Å²) < 4.78 is 0. The molecule has 1 atom stereocenters. The number of hydrogen-bond acceptors (Lipinski definition) is 1. The maximum Gasteiger partial charge on any atom is 0.223 e. The van der Waals surface area contributed by atoms with Crippen molar-refractivity contribution >= 4 is 21.8 Å². The molecule has 1 N–H and O–H groups in total. The van der Waals surface area contributed by atoms with Crippen molar-refractivity contribution in [3.8, 4) is 0 Å². The standard InChI is InChI=1S/C15H24BrNO/c1-2-13(8-16)17-15(18)14-11-4-9-3-10(6-11)7-12(14)5-9/h9-14H,2-8H2,1H3,(H,17,18). The quantitative estimate of drug-likeness (QED) is 0.792. The molecule has 4 saturated carbocycles. The van der Waals surface area contributed by atoms with Gasteiger partial charge in [-0.25, -0.2) is 0 Å². The van der Waals surface area contributed by atoms with E-state index < -0.39 is 0 Å². The summed E-state index contributed by atoms with van der Waals surface area (Å²) in [5.74, 6) is 4.01. The third kappa shape index (κ3) is 2.23. The fraction of sp³-hybridized carbons (Fsp3) is 0.933. The van der Waals surface area contributed by atoms with E-state index in [1.807, 2.05) is 0 Å². The highest BCUT2D eigenvalue weighted by Gasteiger charge is 2.50. The predicted molar refractivity (Wildman–Crippen MR) is 76.6 cm³/mol. The Morgan fingerprint density at radius 2 is 1.72 bits per heavy atom. The molecule has 18 heavy (non-hydrogen) atoms. The highest BCUT2D eigenvalue weighted by molar-refractivity contribution is 9.09. The first-order valence-corrected chi connectivity index (χ1v) is 8.69. The number of amides is 1. The largest absolute Gasteiger partial charge is 0.352 e. The minimum Gasteiger partial charge on any atom is -0.352 e. The van der Waals surface area contributed by atoms with Crippen LogP contribution in [0.25, 0.3) is 0 Å². The van der Waals surface area contributed by atoms with Crippen molar-refractivity contribution in [1.82, 2.24) is 5.32 Å². The van der Waals surface area contributed by atoms with Crippen LogP contribution in [0.15, 0.2) is 0 Å². The van der Waals surface area contributed by atoms with Crippen molar-refractivity contribution in [2.24, 2.45) is 29.6 Å². The van der Waals surface area contributed by atoms with Crippen molar-refractivity contribution in [3.05, 3.63) is 0 Å². The van der Waals surface area contributed by atoms with Gasteiger partial charge in [-0.1, -0.05) is 22.9 Å². The fourth-order valence-corrected chi connectivity index (χ4v) is 5.52. The molecule has 4 aliphatic carbocycles. The Hall–Kier alpha value is -0.0500. The lowest BCUT2D eigenvalue weighted by atomic mass is 9.51. The molecule has 2 nitrogen and oxygen atoms in total. The minimum absolute atomic E-state index is 0.315. The first-order valence-electron chi connectivity index (χ1n) is 7.57. The van der Waals surface area contributed by atoms with Gasteiger partial charge in [-0.05, 0) is 62.2 Å². The summed E-state index contributed by atoms with van der Waals surface area (Å²) in [6.07, 6.45) is 7.80. The molecule has 0 radical (unpaired) electrons. The number of carbonyl (C=O) groups is 1. The van der Waals surface area contributed by atoms with E-state index in [2.05, 4.69) is 28.2 Å². The van der Waals surface area contributed by atoms with Gasteiger partial charge in [0.1, 0.15) is 0 Å². The van der Waals surface area contributed by atoms with E-state index in [9.17, 15) is 4.79 Å². The SMILES string of the molecule is CCC(CBr)NC(=O)C1C2CC3CC(C2)CC1C3. The van der Waals surface area contributed by atoms with Gasteiger partial charge >= 0.3 is 0 Å². The normalized spacial score (nSPS) is 42.9. The summed E-state index contributed by atoms with van der Waals surface area (Å²) in [4.78, 5) is 12.5. The zero-order valence-electron chi connectivity index (χ0n) is 11.2. The van der Waals surface area contributed by atoms with Gasteiger partial charge in [0.25, 0.3) is 0 Å². The van der Waals surface area contributed by atoms with Crippen LogP contribution in [0.3, 0.4) is 0 Å². The Balaban J connectivity index is 1.67. The highest BCUT2D eigenvalue weighted by Crippen LogP contribution is 2.56. The lowest BCUT2D eigenvalue weighted by Gasteiger charge is -2.53. The zero-order valence-corrected chi connectivity index (χ0v) is 12.8. The molecule has 3 heteroatoms. The first kappa shape index (κ1) is 13.0. The molecule has 0 saturated heterocycles. The fourth-order valence-electron chi connectivity index (χ4n) is 4.90. The van der Waals surface area contributed by atoms with Crippen molar-refractivity contribution in [1.29, 1.82) is 0 Å². The summed E-state index contributed by atoms with van der Waals surface area (Å²) in [5.41, 5.74) is 0. The monoisotopic (exact) mass is 313 g/mol. The number of carbonyl (C=O) groups excluding carboxylic acids is 1. The van der Waals surface area contributed by atoms with E-state index >= 15 is 0 Å². The van der Waals surface area contributed by atoms with Crippen molar-refractivity contribution in [2.75, 3.05) is 5.33 Å². The lowest BCUT2D eigenvalue weighted by Crippen LogP contribution is -2.52. The molecule has 4 bridgehead atoms. The Labute approximate surface area is 118 Å². The third-order valence-electron chi connectivity index (χ3n) is 5.55. The van der Waals surface area contributed by atoms with E-state index in [1.165, 1.54) is 32.1 Å². The van der Waals surface area contributed by atoms with Gasteiger partial charge in [-0.3, -0.25) is 4.79 Å². The number of rotatable bonds is 4. The topological polar surface area (TPSA) is 29.1 Å². The molecule has 0 spiro atoms. The van der Waals surface area contributed by atoms with Gasteiger partial charge in [0.05, 0.1) is 0 Å². The van der Waals surface area contributed by atoms with Crippen molar-refractivity contribution in [3.63, 3.8) is 0 Å². The Bertz CT molecular complexity index is 298. The number of halogens is 1. The molecular formula is C15H24BrNO. The highest BCUT2D eigenvalue weighted by atomic mass is 79.9. The average molecular weight is 314 g/mol. The van der Waals surface area contributed by atoms with Crippen molar-refractivity contribution < 1.29 is 4.79 Å². The molecule has 0 heterocycles. The second-order valence-electron chi connectivity index (χ2n) is 6.72. The van der Waals surface area contributed by atoms with E-state index in [-0.39, 0.29) is 0 Å². The second-order valence-corrected chi connectivity index (χ2v) is 7.37. The summed E-state index contributed by atoms with van der Waals surface area (Å²) in [6, 6.07) is 0.315. The van der Waals surface area contributed by atoms with E-state index in [4.69, 9.17) is 0 Å². The maximum atomic E-state index is 12.5. The van der Waals surface area contributed by atoms with Gasteiger partial charge in [0, 0.05) is 17.3 Å². The molecule has 4 rings (SSSR count). The van der Waals surface area contributed by atoms with Crippen LogP contribution in [0, 0.1) is 29.6 Å². The second kappa shape index (κ2) is 5.15. The summed E-state index contributed by atoms with van der Waals surface area (Å²) in [7, 11) is 0. The molecule has 102 valence electrons. The maximum absolute atomic E-state index is 12.5. The minimum atomic E-state index is 0.315. The molecular weight excluding hydrogens is 290 g/mol. The van der Waals surface area contributed by atoms with E-state index in [1.54, 1.807) is 0 Å². The third-order valence-corrected chi connectivity index (χ3v) is 6.34. The van der Waals surface area contributed by atoms with Crippen LogP contribution in [-0.2, 0) is 4.79 Å². The summed E-state index contributed by atoms with van der Waals surface area (Å²) >= 11 is 3.49. The molecule has 0 aliphatic heterocycles. The van der Waals surface area contributed by atoms with Crippen LogP contribution < -0.4 is 5.32 Å². The molecule has 1 unspecified atom stereocenters. The van der Waals surface area contributed by atoms with Crippen LogP contribution in [0.4, 0.5) is 0 Å². The Kier molecular flexibility index (Phi) is 3.70. The summed E-state index contributed by atoms with van der Waals surface area (Å²) in [5, 5.41) is 4.14. The average Bonchev–Trinajstić information content (AvgIpc) is 2.34. The first-order chi connectivity index (χ1) is 8.71. The molecule has 1 amide bonds. The van der Waals surface area contributed by atoms with E-state index in [0.717, 1.165) is 23.6 Å². The Morgan fingerprint density at radius 1 is 1.17 bits per heavy atom. The van der Waals surface area contributed by atoms with Gasteiger partial charge < -0.3 is 5.32 Å². The van der Waals surface area contributed by atoms with E-state index in [0.29, 0.717) is 29.7 Å². The molecule has 4 fully saturated rings. The molecule has 0 aromatic carbocycles. The van der Waals surface area contributed by atoms with Gasteiger partial charge in [-0.15, -0.1) is 0 Å². The Morgan fingerprint density at radius 3 is 2.17 bits per heavy atom. The molecule has 0 aromatic heterocycles. The van der Waals surface area contributed by atoms with Crippen molar-refractivity contribution in [2.45, 2.75) is 51.5 Å². The lowest BCUT2D eigenvalue weighted by molar-refractivity contribution is -0.138. The van der Waals surface area contributed by atoms with Gasteiger partial charge in [0.2, 0.25) is 5.91 Å². The van der Waals surface area contributed by atoms with Crippen LogP contribution in [0.2, 0.25) is 0 Å².